The van der Waals surface area contributed by atoms with E-state index >= 15 is 0 Å². The van der Waals surface area contributed by atoms with E-state index < -0.39 is 40.8 Å². The topological polar surface area (TPSA) is 80.8 Å². The van der Waals surface area contributed by atoms with Crippen molar-refractivity contribution in [3.63, 3.8) is 0 Å². The van der Waals surface area contributed by atoms with Crippen molar-refractivity contribution in [2.75, 3.05) is 7.11 Å². The first kappa shape index (κ1) is 25.0. The lowest BCUT2D eigenvalue weighted by Crippen LogP contribution is -2.51. The Morgan fingerprint density at radius 3 is 2.42 bits per heavy atom. The van der Waals surface area contributed by atoms with E-state index in [9.17, 15) is 27.2 Å². The maximum absolute atomic E-state index is 13.8. The van der Waals surface area contributed by atoms with Gasteiger partial charge in [0.15, 0.2) is 5.75 Å². The number of nitrogens with zero attached hydrogens (tertiary/aromatic N) is 2. The lowest BCUT2D eigenvalue weighted by Gasteiger charge is -2.28. The minimum Gasteiger partial charge on any atom is -0.497 e. The van der Waals surface area contributed by atoms with Crippen LogP contribution < -0.4 is 14.9 Å². The van der Waals surface area contributed by atoms with E-state index in [0.717, 1.165) is 29.5 Å². The van der Waals surface area contributed by atoms with E-state index in [0.29, 0.717) is 5.56 Å². The summed E-state index contributed by atoms with van der Waals surface area (Å²) in [7, 11) is 1.23. The SMILES string of the molecule is COc1ccc(ON(Cc2ccccc2)C(=O)C2(NC(=O)c3ccnc(F)c3)CC2)c(C(F)(F)F)c1. The van der Waals surface area contributed by atoms with Gasteiger partial charge in [-0.05, 0) is 42.7 Å². The summed E-state index contributed by atoms with van der Waals surface area (Å²) in [5, 5.41) is 3.38. The van der Waals surface area contributed by atoms with Crippen LogP contribution >= 0.6 is 0 Å². The molecule has 0 bridgehead atoms. The van der Waals surface area contributed by atoms with Crippen LogP contribution in [0.3, 0.4) is 0 Å². The molecule has 2 amide bonds. The summed E-state index contributed by atoms with van der Waals surface area (Å²) in [5.74, 6) is -2.97. The second kappa shape index (κ2) is 9.84. The quantitative estimate of drug-likeness (QED) is 0.278. The van der Waals surface area contributed by atoms with Gasteiger partial charge in [-0.2, -0.15) is 22.6 Å². The van der Waals surface area contributed by atoms with Gasteiger partial charge in [0.05, 0.1) is 13.7 Å². The minimum absolute atomic E-state index is 0.0360. The van der Waals surface area contributed by atoms with Gasteiger partial charge in [0.2, 0.25) is 5.95 Å². The zero-order chi connectivity index (χ0) is 25.9. The summed E-state index contributed by atoms with van der Waals surface area (Å²) in [6, 6.07) is 13.8. The Balaban J connectivity index is 1.64. The first-order valence-corrected chi connectivity index (χ1v) is 10.8. The van der Waals surface area contributed by atoms with E-state index in [1.54, 1.807) is 30.3 Å². The first-order valence-electron chi connectivity index (χ1n) is 10.8. The van der Waals surface area contributed by atoms with Crippen LogP contribution in [0.25, 0.3) is 0 Å². The van der Waals surface area contributed by atoms with Gasteiger partial charge in [0.25, 0.3) is 11.8 Å². The van der Waals surface area contributed by atoms with Crippen molar-refractivity contribution in [3.05, 3.63) is 89.5 Å². The average molecular weight is 503 g/mol. The van der Waals surface area contributed by atoms with Crippen molar-refractivity contribution in [1.82, 2.24) is 15.4 Å². The van der Waals surface area contributed by atoms with E-state index in [1.165, 1.54) is 19.2 Å². The molecule has 1 aromatic heterocycles. The number of nitrogens with one attached hydrogen (secondary N) is 1. The molecule has 11 heteroatoms. The van der Waals surface area contributed by atoms with Crippen LogP contribution in [0.4, 0.5) is 17.6 Å². The van der Waals surface area contributed by atoms with Crippen molar-refractivity contribution in [1.29, 1.82) is 0 Å². The minimum atomic E-state index is -4.79. The predicted octanol–water partition coefficient (Wildman–Crippen LogP) is 4.53. The number of methoxy groups -OCH3 is 1. The smallest absolute Gasteiger partial charge is 0.420 e. The fourth-order valence-corrected chi connectivity index (χ4v) is 3.54. The molecule has 0 atom stereocenters. The third-order valence-electron chi connectivity index (χ3n) is 5.60. The number of benzene rings is 2. The van der Waals surface area contributed by atoms with Gasteiger partial charge in [-0.25, -0.2) is 4.98 Å². The number of alkyl halides is 3. The van der Waals surface area contributed by atoms with Crippen molar-refractivity contribution in [2.24, 2.45) is 0 Å². The normalized spacial score (nSPS) is 14.0. The molecule has 1 fully saturated rings. The number of hydroxylamine groups is 2. The number of carbonyl (C=O) groups excluding carboxylic acids is 2. The molecule has 3 aromatic rings. The Morgan fingerprint density at radius 1 is 1.08 bits per heavy atom. The number of rotatable bonds is 8. The van der Waals surface area contributed by atoms with Crippen molar-refractivity contribution >= 4 is 11.8 Å². The predicted molar refractivity (Wildman–Crippen MR) is 119 cm³/mol. The van der Waals surface area contributed by atoms with Gasteiger partial charge in [0, 0.05) is 17.8 Å². The Labute approximate surface area is 203 Å². The van der Waals surface area contributed by atoms with Crippen LogP contribution in [0.1, 0.15) is 34.3 Å². The maximum atomic E-state index is 13.8. The van der Waals surface area contributed by atoms with Gasteiger partial charge in [-0.3, -0.25) is 9.59 Å². The molecule has 0 saturated heterocycles. The highest BCUT2D eigenvalue weighted by molar-refractivity contribution is 6.00. The molecule has 0 unspecified atom stereocenters. The number of ether oxygens (including phenoxy) is 1. The number of carbonyl (C=O) groups is 2. The van der Waals surface area contributed by atoms with Crippen molar-refractivity contribution < 1.29 is 36.7 Å². The second-order valence-corrected chi connectivity index (χ2v) is 8.18. The maximum Gasteiger partial charge on any atom is 0.420 e. The number of amides is 2. The fraction of sp³-hybridized carbons (Fsp3) is 0.240. The molecule has 4 rings (SSSR count). The molecule has 2 aromatic carbocycles. The largest absolute Gasteiger partial charge is 0.497 e. The van der Waals surface area contributed by atoms with Gasteiger partial charge < -0.3 is 14.9 Å². The van der Waals surface area contributed by atoms with Crippen molar-refractivity contribution in [3.8, 4) is 11.5 Å². The molecule has 1 heterocycles. The molecule has 7 nitrogen and oxygen atoms in total. The van der Waals surface area contributed by atoms with Crippen molar-refractivity contribution in [2.45, 2.75) is 31.1 Å². The summed E-state index contributed by atoms with van der Waals surface area (Å²) in [6.45, 7) is -0.190. The Hall–Kier alpha value is -4.15. The molecule has 36 heavy (non-hydrogen) atoms. The van der Waals surface area contributed by atoms with Gasteiger partial charge in [-0.15, -0.1) is 0 Å². The van der Waals surface area contributed by atoms with E-state index in [1.807, 2.05) is 0 Å². The molecule has 188 valence electrons. The summed E-state index contributed by atoms with van der Waals surface area (Å²) in [6.07, 6.45) is -3.22. The lowest BCUT2D eigenvalue weighted by atomic mass is 10.1. The molecule has 0 spiro atoms. The van der Waals surface area contributed by atoms with Crippen LogP contribution in [-0.4, -0.2) is 34.5 Å². The average Bonchev–Trinajstić information content (AvgIpc) is 3.64. The highest BCUT2D eigenvalue weighted by Gasteiger charge is 2.54. The second-order valence-electron chi connectivity index (χ2n) is 8.18. The number of aromatic nitrogens is 1. The summed E-state index contributed by atoms with van der Waals surface area (Å²) in [5.41, 5.74) is -2.00. The Morgan fingerprint density at radius 2 is 1.81 bits per heavy atom. The van der Waals surface area contributed by atoms with E-state index in [-0.39, 0.29) is 30.7 Å². The number of halogens is 4. The number of hydrogen-bond donors (Lipinski definition) is 1. The Bertz CT molecular complexity index is 1260. The number of hydrogen-bond acceptors (Lipinski definition) is 5. The van der Waals surface area contributed by atoms with Gasteiger partial charge >= 0.3 is 6.18 Å². The van der Waals surface area contributed by atoms with Gasteiger partial charge in [0.1, 0.15) is 16.9 Å². The fourth-order valence-electron chi connectivity index (χ4n) is 3.54. The summed E-state index contributed by atoms with van der Waals surface area (Å²) in [4.78, 5) is 35.2. The molecular formula is C25H21F4N3O4. The molecular weight excluding hydrogens is 482 g/mol. The van der Waals surface area contributed by atoms with Crippen LogP contribution in [0.15, 0.2) is 66.9 Å². The molecule has 0 aliphatic heterocycles. The number of pyridine rings is 1. The lowest BCUT2D eigenvalue weighted by molar-refractivity contribution is -0.167. The van der Waals surface area contributed by atoms with Crippen LogP contribution in [0, 0.1) is 5.95 Å². The molecule has 1 N–H and O–H groups in total. The highest BCUT2D eigenvalue weighted by Crippen LogP contribution is 2.41. The van der Waals surface area contributed by atoms with E-state index in [2.05, 4.69) is 10.3 Å². The third kappa shape index (κ3) is 5.56. The molecule has 0 radical (unpaired) electrons. The molecule has 1 aliphatic rings. The van der Waals surface area contributed by atoms with E-state index in [4.69, 9.17) is 9.57 Å². The van der Waals surface area contributed by atoms with Gasteiger partial charge in [-0.1, -0.05) is 30.3 Å². The standard InChI is InChI=1S/C25H21F4N3O4/c1-35-18-7-8-20(19(14-18)25(27,28)29)36-32(15-16-5-3-2-4-6-16)23(34)24(10-11-24)31-22(33)17-9-12-30-21(26)13-17/h2-9,12-14H,10-11,15H2,1H3,(H,31,33). The molecule has 1 saturated carbocycles. The monoisotopic (exact) mass is 503 g/mol. The highest BCUT2D eigenvalue weighted by atomic mass is 19.4. The summed E-state index contributed by atoms with van der Waals surface area (Å²) >= 11 is 0. The third-order valence-corrected chi connectivity index (χ3v) is 5.60. The van der Waals surface area contributed by atoms with Crippen LogP contribution in [-0.2, 0) is 17.5 Å². The van der Waals surface area contributed by atoms with Crippen LogP contribution in [0.2, 0.25) is 0 Å². The first-order chi connectivity index (χ1) is 17.1. The zero-order valence-electron chi connectivity index (χ0n) is 19.0. The summed E-state index contributed by atoms with van der Waals surface area (Å²) < 4.78 is 59.6. The Kier molecular flexibility index (Phi) is 6.82. The zero-order valence-corrected chi connectivity index (χ0v) is 19.0. The molecule has 1 aliphatic carbocycles. The van der Waals surface area contributed by atoms with Crippen LogP contribution in [0.5, 0.6) is 11.5 Å².